The second-order valence-electron chi connectivity index (χ2n) is 7.00. The number of nitrogens with zero attached hydrogens (tertiary/aromatic N) is 1. The standard InChI is InChI=1S/C17H22F3NO2S/c1-11(21-24(22)16(2,3)4)13-7-8-14(17(18,19)20)15(9-13)23-10-12-5-6-12/h7-9,12H,5-6,10H2,1-4H3/b21-11+. The van der Waals surface area contributed by atoms with Crippen LogP contribution in [0.4, 0.5) is 13.2 Å². The molecule has 1 atom stereocenters. The zero-order valence-electron chi connectivity index (χ0n) is 14.2. The largest absolute Gasteiger partial charge is 0.493 e. The molecule has 3 nitrogen and oxygen atoms in total. The number of hydrogen-bond acceptors (Lipinski definition) is 2. The van der Waals surface area contributed by atoms with Gasteiger partial charge in [-0.2, -0.15) is 17.6 Å². The van der Waals surface area contributed by atoms with Crippen LogP contribution in [0.2, 0.25) is 0 Å². The number of alkyl halides is 3. The van der Waals surface area contributed by atoms with E-state index < -0.39 is 27.5 Å². The van der Waals surface area contributed by atoms with Crippen LogP contribution < -0.4 is 4.74 Å². The van der Waals surface area contributed by atoms with Crippen molar-refractivity contribution in [2.75, 3.05) is 6.61 Å². The van der Waals surface area contributed by atoms with Gasteiger partial charge in [0.25, 0.3) is 0 Å². The van der Waals surface area contributed by atoms with Gasteiger partial charge < -0.3 is 4.74 Å². The van der Waals surface area contributed by atoms with Crippen molar-refractivity contribution in [3.05, 3.63) is 29.3 Å². The van der Waals surface area contributed by atoms with Crippen molar-refractivity contribution in [2.24, 2.45) is 10.3 Å². The van der Waals surface area contributed by atoms with Crippen molar-refractivity contribution in [3.8, 4) is 5.75 Å². The molecule has 0 aromatic heterocycles. The number of benzene rings is 1. The first-order chi connectivity index (χ1) is 11.0. The second kappa shape index (κ2) is 6.86. The predicted octanol–water partition coefficient (Wildman–Crippen LogP) is 4.77. The van der Waals surface area contributed by atoms with Crippen LogP contribution >= 0.6 is 0 Å². The average Bonchev–Trinajstić information content (AvgIpc) is 3.26. The minimum atomic E-state index is -4.48. The fraction of sp³-hybridized carbons (Fsp3) is 0.588. The van der Waals surface area contributed by atoms with Crippen LogP contribution in [0.1, 0.15) is 51.7 Å². The summed E-state index contributed by atoms with van der Waals surface area (Å²) < 4.78 is 60.5. The van der Waals surface area contributed by atoms with Crippen LogP contribution in [0.3, 0.4) is 0 Å². The van der Waals surface area contributed by atoms with Gasteiger partial charge in [-0.25, -0.2) is 4.21 Å². The molecule has 1 fully saturated rings. The van der Waals surface area contributed by atoms with Crippen LogP contribution in [-0.4, -0.2) is 21.3 Å². The Kier molecular flexibility index (Phi) is 5.42. The molecule has 0 bridgehead atoms. The van der Waals surface area contributed by atoms with E-state index >= 15 is 0 Å². The number of rotatable bonds is 5. The van der Waals surface area contributed by atoms with Crippen LogP contribution in [0.25, 0.3) is 0 Å². The van der Waals surface area contributed by atoms with Gasteiger partial charge in [0.2, 0.25) is 0 Å². The van der Waals surface area contributed by atoms with E-state index in [9.17, 15) is 17.4 Å². The highest BCUT2D eigenvalue weighted by molar-refractivity contribution is 7.85. The highest BCUT2D eigenvalue weighted by Crippen LogP contribution is 2.38. The summed E-state index contributed by atoms with van der Waals surface area (Å²) in [5, 5.41) is 0. The third kappa shape index (κ3) is 5.06. The van der Waals surface area contributed by atoms with Gasteiger partial charge in [-0.05, 0) is 58.6 Å². The fourth-order valence-corrected chi connectivity index (χ4v) is 2.54. The molecular weight excluding hydrogens is 339 g/mol. The van der Waals surface area contributed by atoms with Gasteiger partial charge in [-0.3, -0.25) is 0 Å². The molecule has 0 amide bonds. The number of hydrogen-bond donors (Lipinski definition) is 0. The molecule has 7 heteroatoms. The number of halogens is 3. The maximum absolute atomic E-state index is 13.1. The Balaban J connectivity index is 2.32. The topological polar surface area (TPSA) is 38.7 Å². The lowest BCUT2D eigenvalue weighted by atomic mass is 10.1. The molecule has 0 heterocycles. The van der Waals surface area contributed by atoms with Gasteiger partial charge in [0.1, 0.15) is 16.7 Å². The molecular formula is C17H22F3NO2S. The summed E-state index contributed by atoms with van der Waals surface area (Å²) in [6.07, 6.45) is -2.49. The third-order valence-electron chi connectivity index (χ3n) is 3.62. The molecule has 1 saturated carbocycles. The van der Waals surface area contributed by atoms with E-state index in [1.54, 1.807) is 27.7 Å². The minimum Gasteiger partial charge on any atom is -0.493 e. The number of ether oxygens (including phenoxy) is 1. The Morgan fingerprint density at radius 1 is 1.29 bits per heavy atom. The van der Waals surface area contributed by atoms with Crippen molar-refractivity contribution in [1.29, 1.82) is 0 Å². The predicted molar refractivity (Wildman–Crippen MR) is 89.8 cm³/mol. The molecule has 0 radical (unpaired) electrons. The van der Waals surface area contributed by atoms with E-state index in [-0.39, 0.29) is 12.4 Å². The molecule has 1 aliphatic rings. The zero-order valence-corrected chi connectivity index (χ0v) is 15.1. The van der Waals surface area contributed by atoms with Crippen molar-refractivity contribution >= 4 is 16.7 Å². The highest BCUT2D eigenvalue weighted by Gasteiger charge is 2.35. The van der Waals surface area contributed by atoms with Crippen LogP contribution in [0.5, 0.6) is 5.75 Å². The summed E-state index contributed by atoms with van der Waals surface area (Å²) in [5.41, 5.74) is 0.108. The van der Waals surface area contributed by atoms with Crippen LogP contribution in [0, 0.1) is 5.92 Å². The lowest BCUT2D eigenvalue weighted by Crippen LogP contribution is -2.20. The molecule has 1 aromatic rings. The lowest BCUT2D eigenvalue weighted by molar-refractivity contribution is -0.139. The van der Waals surface area contributed by atoms with Gasteiger partial charge >= 0.3 is 6.18 Å². The Bertz CT molecular complexity index is 659. The Morgan fingerprint density at radius 3 is 2.42 bits per heavy atom. The maximum Gasteiger partial charge on any atom is 0.419 e. The average molecular weight is 361 g/mol. The van der Waals surface area contributed by atoms with Gasteiger partial charge in [-0.1, -0.05) is 6.07 Å². The lowest BCUT2D eigenvalue weighted by Gasteiger charge is -2.16. The quantitative estimate of drug-likeness (QED) is 0.709. The van der Waals surface area contributed by atoms with Crippen molar-refractivity contribution in [1.82, 2.24) is 0 Å². The van der Waals surface area contributed by atoms with Gasteiger partial charge in [0, 0.05) is 5.56 Å². The van der Waals surface area contributed by atoms with Gasteiger partial charge in [-0.15, -0.1) is 0 Å². The van der Waals surface area contributed by atoms with Crippen LogP contribution in [0.15, 0.2) is 22.6 Å². The smallest absolute Gasteiger partial charge is 0.419 e. The molecule has 0 saturated heterocycles. The van der Waals surface area contributed by atoms with E-state index in [0.717, 1.165) is 18.9 Å². The maximum atomic E-state index is 13.1. The van der Waals surface area contributed by atoms with E-state index in [4.69, 9.17) is 4.74 Å². The first-order valence-corrected chi connectivity index (χ1v) is 8.91. The normalized spacial score (nSPS) is 17.7. The summed E-state index contributed by atoms with van der Waals surface area (Å²) in [6, 6.07) is 3.67. The summed E-state index contributed by atoms with van der Waals surface area (Å²) >= 11 is 0. The molecule has 1 unspecified atom stereocenters. The molecule has 24 heavy (non-hydrogen) atoms. The SMILES string of the molecule is C/C(=N\S(=O)C(C)(C)C)c1ccc(C(F)(F)F)c(OCC2CC2)c1. The molecule has 0 aliphatic heterocycles. The van der Waals surface area contributed by atoms with E-state index in [1.165, 1.54) is 12.1 Å². The van der Waals surface area contributed by atoms with E-state index in [1.807, 2.05) is 0 Å². The second-order valence-corrected chi connectivity index (χ2v) is 8.91. The Labute approximate surface area is 142 Å². The Morgan fingerprint density at radius 2 is 1.92 bits per heavy atom. The van der Waals surface area contributed by atoms with Crippen molar-refractivity contribution < 1.29 is 22.1 Å². The van der Waals surface area contributed by atoms with E-state index in [2.05, 4.69) is 4.40 Å². The van der Waals surface area contributed by atoms with Gasteiger partial charge in [0.05, 0.1) is 22.6 Å². The molecule has 0 spiro atoms. The summed E-state index contributed by atoms with van der Waals surface area (Å²) in [5.74, 6) is 0.154. The Hall–Kier alpha value is -1.37. The first-order valence-electron chi connectivity index (χ1n) is 7.80. The van der Waals surface area contributed by atoms with Gasteiger partial charge in [0.15, 0.2) is 0 Å². The molecule has 134 valence electrons. The first kappa shape index (κ1) is 19.0. The molecule has 1 aromatic carbocycles. The van der Waals surface area contributed by atoms with Crippen molar-refractivity contribution in [3.63, 3.8) is 0 Å². The summed E-state index contributed by atoms with van der Waals surface area (Å²) in [7, 11) is -1.47. The molecule has 1 aliphatic carbocycles. The summed E-state index contributed by atoms with van der Waals surface area (Å²) in [4.78, 5) is 0. The zero-order chi connectivity index (χ0) is 18.1. The minimum absolute atomic E-state index is 0.192. The fourth-order valence-electron chi connectivity index (χ4n) is 1.91. The van der Waals surface area contributed by atoms with E-state index in [0.29, 0.717) is 17.2 Å². The summed E-state index contributed by atoms with van der Waals surface area (Å²) in [6.45, 7) is 7.29. The van der Waals surface area contributed by atoms with Crippen molar-refractivity contribution in [2.45, 2.75) is 51.5 Å². The molecule has 2 rings (SSSR count). The van der Waals surface area contributed by atoms with Crippen LogP contribution in [-0.2, 0) is 17.2 Å². The highest BCUT2D eigenvalue weighted by atomic mass is 32.2. The molecule has 0 N–H and O–H groups in total. The third-order valence-corrected chi connectivity index (χ3v) is 5.11. The monoisotopic (exact) mass is 361 g/mol.